The van der Waals surface area contributed by atoms with Gasteiger partial charge < -0.3 is 14.4 Å². The minimum Gasteiger partial charge on any atom is -0.504 e. The molecule has 0 aliphatic heterocycles. The minimum absolute atomic E-state index is 0.115. The zero-order valence-corrected chi connectivity index (χ0v) is 8.85. The molecule has 0 radical (unpaired) electrons. The first-order chi connectivity index (χ1) is 7.58. The quantitative estimate of drug-likeness (QED) is 0.542. The third kappa shape index (κ3) is 1.87. The monoisotopic (exact) mass is 240 g/mol. The van der Waals surface area contributed by atoms with Crippen molar-refractivity contribution in [3.05, 3.63) is 30.3 Å². The molecule has 0 aliphatic carbocycles. The number of rotatable bonds is 2. The van der Waals surface area contributed by atoms with Crippen molar-refractivity contribution >= 4 is 21.8 Å². The summed E-state index contributed by atoms with van der Waals surface area (Å²) in [6.07, 6.45) is 0. The lowest BCUT2D eigenvalue weighted by molar-refractivity contribution is 0.405. The van der Waals surface area contributed by atoms with E-state index in [1.807, 2.05) is 0 Å². The molecule has 6 heteroatoms. The summed E-state index contributed by atoms with van der Waals surface area (Å²) in [4.78, 5) is 0. The molecule has 2 N–H and O–H groups in total. The molecule has 16 heavy (non-hydrogen) atoms. The van der Waals surface area contributed by atoms with Crippen molar-refractivity contribution in [3.63, 3.8) is 0 Å². The molecule has 2 rings (SSSR count). The topological polar surface area (TPSA) is 83.8 Å². The number of hydrogen-bond donors (Lipinski definition) is 3. The van der Waals surface area contributed by atoms with Gasteiger partial charge in [-0.25, -0.2) is 0 Å². The molecule has 0 bridgehead atoms. The molecule has 0 fully saturated rings. The van der Waals surface area contributed by atoms with Crippen LogP contribution in [0, 0.1) is 0 Å². The first-order valence-electron chi connectivity index (χ1n) is 4.35. The Morgan fingerprint density at radius 3 is 2.44 bits per heavy atom. The van der Waals surface area contributed by atoms with Gasteiger partial charge in [0, 0.05) is 5.39 Å². The van der Waals surface area contributed by atoms with Gasteiger partial charge in [-0.15, -0.1) is 0 Å². The van der Waals surface area contributed by atoms with E-state index in [0.29, 0.717) is 10.8 Å². The highest BCUT2D eigenvalue weighted by Crippen LogP contribution is 2.34. The summed E-state index contributed by atoms with van der Waals surface area (Å²) in [7, 11) is -3.01. The Hall–Kier alpha value is -1.95. The Morgan fingerprint density at radius 1 is 1.06 bits per heavy atom. The van der Waals surface area contributed by atoms with Crippen LogP contribution in [-0.2, 0) is 11.0 Å². The normalized spacial score (nSPS) is 10.8. The second-order valence-corrected chi connectivity index (χ2v) is 3.76. The molecule has 0 saturated carbocycles. The summed E-state index contributed by atoms with van der Waals surface area (Å²) in [5.41, 5.74) is 0. The summed E-state index contributed by atoms with van der Waals surface area (Å²) in [6.45, 7) is 0. The Morgan fingerprint density at radius 2 is 1.75 bits per heavy atom. The van der Waals surface area contributed by atoms with E-state index in [9.17, 15) is 18.6 Å². The molecular formula is C10H8O5S. The molecule has 0 spiro atoms. The fraction of sp³-hybridized carbons (Fsp3) is 0. The molecule has 84 valence electrons. The van der Waals surface area contributed by atoms with Gasteiger partial charge in [-0.1, -0.05) is 12.1 Å². The fourth-order valence-electron chi connectivity index (χ4n) is 1.43. The van der Waals surface area contributed by atoms with Crippen LogP contribution >= 0.6 is 0 Å². The maximum absolute atomic E-state index is 10.5. The lowest BCUT2D eigenvalue weighted by atomic mass is 10.1. The SMILES string of the molecule is O=[SH](=O)Oc1cccc2cc(O)c(O)cc12. The number of hydrogen-bond acceptors (Lipinski definition) is 5. The van der Waals surface area contributed by atoms with Crippen LogP contribution in [0.4, 0.5) is 0 Å². The van der Waals surface area contributed by atoms with E-state index in [0.717, 1.165) is 0 Å². The lowest BCUT2D eigenvalue weighted by Crippen LogP contribution is -1.90. The third-order valence-corrected chi connectivity index (χ3v) is 2.45. The number of thiol groups is 1. The van der Waals surface area contributed by atoms with Crippen LogP contribution in [0.5, 0.6) is 17.2 Å². The molecule has 2 aromatic rings. The molecule has 0 atom stereocenters. The summed E-state index contributed by atoms with van der Waals surface area (Å²) in [6, 6.07) is 7.30. The van der Waals surface area contributed by atoms with Crippen LogP contribution in [0.2, 0.25) is 0 Å². The first kappa shape index (κ1) is 10.6. The number of phenolic OH excluding ortho intramolecular Hbond substituents is 2. The number of phenols is 2. The predicted octanol–water partition coefficient (Wildman–Crippen LogP) is 1.16. The summed E-state index contributed by atoms with van der Waals surface area (Å²) < 4.78 is 25.5. The van der Waals surface area contributed by atoms with Crippen molar-refractivity contribution in [1.82, 2.24) is 0 Å². The van der Waals surface area contributed by atoms with Crippen molar-refractivity contribution in [2.24, 2.45) is 0 Å². The van der Waals surface area contributed by atoms with Crippen molar-refractivity contribution in [2.45, 2.75) is 0 Å². The Kier molecular flexibility index (Phi) is 2.57. The molecule has 0 unspecified atom stereocenters. The molecular weight excluding hydrogens is 232 g/mol. The number of aromatic hydroxyl groups is 2. The highest BCUT2D eigenvalue weighted by atomic mass is 32.2. The maximum atomic E-state index is 10.5. The number of fused-ring (bicyclic) bond motifs is 1. The highest BCUT2D eigenvalue weighted by molar-refractivity contribution is 7.67. The molecule has 2 aromatic carbocycles. The van der Waals surface area contributed by atoms with Crippen LogP contribution in [0.15, 0.2) is 30.3 Å². The highest BCUT2D eigenvalue weighted by Gasteiger charge is 2.07. The average Bonchev–Trinajstić information content (AvgIpc) is 2.20. The van der Waals surface area contributed by atoms with Gasteiger partial charge in [0.25, 0.3) is 11.0 Å². The van der Waals surface area contributed by atoms with Crippen LogP contribution in [0.25, 0.3) is 10.8 Å². The summed E-state index contributed by atoms with van der Waals surface area (Å²) >= 11 is 0. The average molecular weight is 240 g/mol. The van der Waals surface area contributed by atoms with Crippen LogP contribution < -0.4 is 4.18 Å². The van der Waals surface area contributed by atoms with Crippen molar-refractivity contribution < 1.29 is 22.8 Å². The smallest absolute Gasteiger partial charge is 0.299 e. The van der Waals surface area contributed by atoms with E-state index in [4.69, 9.17) is 0 Å². The maximum Gasteiger partial charge on any atom is 0.299 e. The van der Waals surface area contributed by atoms with Gasteiger partial charge in [-0.3, -0.25) is 0 Å². The Balaban J connectivity index is 2.71. The van der Waals surface area contributed by atoms with Gasteiger partial charge in [0.2, 0.25) is 0 Å². The van der Waals surface area contributed by atoms with Gasteiger partial charge in [0.1, 0.15) is 5.75 Å². The Labute approximate surface area is 92.7 Å². The van der Waals surface area contributed by atoms with Gasteiger partial charge in [-0.05, 0) is 23.6 Å². The van der Waals surface area contributed by atoms with Crippen LogP contribution in [0.3, 0.4) is 0 Å². The van der Waals surface area contributed by atoms with E-state index >= 15 is 0 Å². The molecule has 0 aromatic heterocycles. The standard InChI is InChI=1S/C10H8O5S/c11-8-4-6-2-1-3-10(15-16(13)14)7(6)5-9(8)12/h1-5,11-12,16H. The first-order valence-corrected chi connectivity index (χ1v) is 5.44. The molecule has 0 heterocycles. The predicted molar refractivity (Wildman–Crippen MR) is 58.2 cm³/mol. The largest absolute Gasteiger partial charge is 0.504 e. The summed E-state index contributed by atoms with van der Waals surface area (Å²) in [5.74, 6) is -0.482. The van der Waals surface area contributed by atoms with Crippen molar-refractivity contribution in [1.29, 1.82) is 0 Å². The van der Waals surface area contributed by atoms with Gasteiger partial charge in [0.05, 0.1) is 0 Å². The fourth-order valence-corrected chi connectivity index (χ4v) is 1.75. The summed E-state index contributed by atoms with van der Waals surface area (Å²) in [5, 5.41) is 19.6. The van der Waals surface area contributed by atoms with Crippen LogP contribution in [0.1, 0.15) is 0 Å². The molecule has 0 saturated heterocycles. The van der Waals surface area contributed by atoms with E-state index < -0.39 is 11.0 Å². The minimum atomic E-state index is -3.01. The molecule has 5 nitrogen and oxygen atoms in total. The second-order valence-electron chi connectivity index (χ2n) is 3.13. The van der Waals surface area contributed by atoms with Gasteiger partial charge in [0.15, 0.2) is 11.5 Å². The zero-order chi connectivity index (χ0) is 11.7. The number of benzene rings is 2. The molecule has 0 aliphatic rings. The Bertz CT molecular complexity index is 610. The van der Waals surface area contributed by atoms with E-state index in [1.54, 1.807) is 12.1 Å². The van der Waals surface area contributed by atoms with E-state index in [1.165, 1.54) is 18.2 Å². The van der Waals surface area contributed by atoms with Gasteiger partial charge in [-0.2, -0.15) is 8.42 Å². The zero-order valence-electron chi connectivity index (χ0n) is 7.95. The van der Waals surface area contributed by atoms with Crippen LogP contribution in [-0.4, -0.2) is 18.6 Å². The van der Waals surface area contributed by atoms with Gasteiger partial charge >= 0.3 is 0 Å². The van der Waals surface area contributed by atoms with Crippen molar-refractivity contribution in [2.75, 3.05) is 0 Å². The molecule has 0 amide bonds. The van der Waals surface area contributed by atoms with E-state index in [2.05, 4.69) is 4.18 Å². The third-order valence-electron chi connectivity index (χ3n) is 2.11. The van der Waals surface area contributed by atoms with Crippen molar-refractivity contribution in [3.8, 4) is 17.2 Å². The lowest BCUT2D eigenvalue weighted by Gasteiger charge is -2.05. The second kappa shape index (κ2) is 3.90. The van der Waals surface area contributed by atoms with E-state index in [-0.39, 0.29) is 17.2 Å².